The van der Waals surface area contributed by atoms with Gasteiger partial charge in [0.25, 0.3) is 5.91 Å². The Bertz CT molecular complexity index is 1050. The van der Waals surface area contributed by atoms with Crippen LogP contribution in [0.1, 0.15) is 46.4 Å². The topological polar surface area (TPSA) is 123 Å². The van der Waals surface area contributed by atoms with Crippen LogP contribution in [0, 0.1) is 5.92 Å². The molecule has 1 aliphatic carbocycles. The van der Waals surface area contributed by atoms with Crippen molar-refractivity contribution in [1.29, 1.82) is 0 Å². The third-order valence-corrected chi connectivity index (χ3v) is 6.48. The van der Waals surface area contributed by atoms with Crippen molar-refractivity contribution in [3.05, 3.63) is 48.0 Å². The van der Waals surface area contributed by atoms with Gasteiger partial charge in [0, 0.05) is 32.0 Å². The maximum atomic E-state index is 12.8. The van der Waals surface area contributed by atoms with E-state index in [-0.39, 0.29) is 11.8 Å². The summed E-state index contributed by atoms with van der Waals surface area (Å²) in [4.78, 5) is 47.4. The molecule has 2 heterocycles. The summed E-state index contributed by atoms with van der Waals surface area (Å²) >= 11 is 0. The maximum absolute atomic E-state index is 12.8. The second-order valence-electron chi connectivity index (χ2n) is 8.65. The molecule has 0 spiro atoms. The Labute approximate surface area is 198 Å². The van der Waals surface area contributed by atoms with Gasteiger partial charge in [0.2, 0.25) is 5.91 Å². The highest BCUT2D eigenvalue weighted by Gasteiger charge is 2.51. The first kappa shape index (κ1) is 23.5. The Kier molecular flexibility index (Phi) is 6.95. The van der Waals surface area contributed by atoms with E-state index in [0.29, 0.717) is 42.2 Å². The van der Waals surface area contributed by atoms with E-state index < -0.39 is 11.5 Å². The monoisotopic (exact) mass is 467 g/mol. The average molecular weight is 468 g/mol. The van der Waals surface area contributed by atoms with Crippen LogP contribution in [0.5, 0.6) is 5.75 Å². The molecule has 0 bridgehead atoms. The number of rotatable bonds is 8. The van der Waals surface area contributed by atoms with E-state index in [9.17, 15) is 14.4 Å². The van der Waals surface area contributed by atoms with E-state index in [2.05, 4.69) is 25.5 Å². The number of nitrogens with zero attached hydrogens (tertiary/aromatic N) is 3. The maximum Gasteiger partial charge on any atom is 0.343 e. The molecule has 1 aromatic carbocycles. The number of ether oxygens (including phenoxy) is 2. The molecule has 2 N–H and O–H groups in total. The normalized spacial score (nSPS) is 16.9. The lowest BCUT2D eigenvalue weighted by Crippen LogP contribution is -2.50. The highest BCUT2D eigenvalue weighted by molar-refractivity contribution is 6.00. The lowest BCUT2D eigenvalue weighted by Gasteiger charge is -2.35. The van der Waals surface area contributed by atoms with Gasteiger partial charge in [0.15, 0.2) is 0 Å². The second-order valence-corrected chi connectivity index (χ2v) is 8.65. The number of benzene rings is 1. The molecule has 2 amide bonds. The molecular formula is C24H29N5O5. The zero-order valence-electron chi connectivity index (χ0n) is 19.4. The minimum absolute atomic E-state index is 0.152. The van der Waals surface area contributed by atoms with Gasteiger partial charge in [-0.05, 0) is 43.7 Å². The van der Waals surface area contributed by atoms with E-state index in [4.69, 9.17) is 9.47 Å². The first-order chi connectivity index (χ1) is 16.5. The Morgan fingerprint density at radius 2 is 1.82 bits per heavy atom. The molecule has 10 nitrogen and oxygen atoms in total. The minimum atomic E-state index is -0.844. The van der Waals surface area contributed by atoms with E-state index in [1.54, 1.807) is 6.07 Å². The lowest BCUT2D eigenvalue weighted by molar-refractivity contribution is -0.124. The zero-order valence-corrected chi connectivity index (χ0v) is 19.4. The largest absolute Gasteiger partial charge is 0.496 e. The number of esters is 1. The van der Waals surface area contributed by atoms with Gasteiger partial charge in [-0.1, -0.05) is 6.07 Å². The van der Waals surface area contributed by atoms with Gasteiger partial charge in [-0.25, -0.2) is 14.8 Å². The SMILES string of the molecule is COC(=O)c1c(OC)cccc1N1CCC(CNC(=O)C2(NC(=O)c3cncnc3)CC2)CC1. The fourth-order valence-corrected chi connectivity index (χ4v) is 4.28. The summed E-state index contributed by atoms with van der Waals surface area (Å²) in [6.07, 6.45) is 7.16. The third kappa shape index (κ3) is 4.95. The summed E-state index contributed by atoms with van der Waals surface area (Å²) in [5.74, 6) is -0.137. The summed E-state index contributed by atoms with van der Waals surface area (Å²) < 4.78 is 10.3. The number of nitrogens with one attached hydrogen (secondary N) is 2. The van der Waals surface area contributed by atoms with Crippen LogP contribution in [-0.4, -0.2) is 67.1 Å². The van der Waals surface area contributed by atoms with Gasteiger partial charge in [0.1, 0.15) is 23.2 Å². The molecule has 1 saturated carbocycles. The number of piperidine rings is 1. The van der Waals surface area contributed by atoms with Crippen LogP contribution < -0.4 is 20.3 Å². The van der Waals surface area contributed by atoms with Gasteiger partial charge < -0.3 is 25.0 Å². The van der Waals surface area contributed by atoms with E-state index in [0.717, 1.165) is 31.6 Å². The quantitative estimate of drug-likeness (QED) is 0.561. The number of hydrogen-bond acceptors (Lipinski definition) is 8. The van der Waals surface area contributed by atoms with Crippen molar-refractivity contribution in [3.8, 4) is 5.75 Å². The summed E-state index contributed by atoms with van der Waals surface area (Å²) in [7, 11) is 2.89. The van der Waals surface area contributed by atoms with Crippen LogP contribution in [0.4, 0.5) is 5.69 Å². The number of hydrogen-bond donors (Lipinski definition) is 2. The van der Waals surface area contributed by atoms with E-state index >= 15 is 0 Å². The van der Waals surface area contributed by atoms with Gasteiger partial charge in [-0.2, -0.15) is 0 Å². The molecule has 0 atom stereocenters. The number of carbonyl (C=O) groups is 3. The van der Waals surface area contributed by atoms with Gasteiger partial charge in [0.05, 0.1) is 25.5 Å². The van der Waals surface area contributed by atoms with Crippen LogP contribution in [0.3, 0.4) is 0 Å². The van der Waals surface area contributed by atoms with Crippen LogP contribution in [-0.2, 0) is 9.53 Å². The fourth-order valence-electron chi connectivity index (χ4n) is 4.28. The van der Waals surface area contributed by atoms with Crippen LogP contribution in [0.2, 0.25) is 0 Å². The molecule has 10 heteroatoms. The molecule has 1 aliphatic heterocycles. The molecule has 1 aromatic heterocycles. The average Bonchev–Trinajstić information content (AvgIpc) is 3.67. The lowest BCUT2D eigenvalue weighted by atomic mass is 9.95. The van der Waals surface area contributed by atoms with Crippen molar-refractivity contribution in [1.82, 2.24) is 20.6 Å². The second kappa shape index (κ2) is 10.1. The van der Waals surface area contributed by atoms with Crippen molar-refractivity contribution in [2.45, 2.75) is 31.2 Å². The molecule has 2 aromatic rings. The Balaban J connectivity index is 1.30. The summed E-state index contributed by atoms with van der Waals surface area (Å²) in [5, 5.41) is 5.86. The van der Waals surface area contributed by atoms with Crippen LogP contribution in [0.15, 0.2) is 36.9 Å². The zero-order chi connectivity index (χ0) is 24.1. The van der Waals surface area contributed by atoms with E-state index in [1.165, 1.54) is 32.9 Å². The first-order valence-electron chi connectivity index (χ1n) is 11.3. The number of aromatic nitrogens is 2. The molecular weight excluding hydrogens is 438 g/mol. The third-order valence-electron chi connectivity index (χ3n) is 6.48. The van der Waals surface area contributed by atoms with Crippen LogP contribution in [0.25, 0.3) is 0 Å². The molecule has 0 unspecified atom stereocenters. The first-order valence-corrected chi connectivity index (χ1v) is 11.3. The highest BCUT2D eigenvalue weighted by atomic mass is 16.5. The molecule has 1 saturated heterocycles. The molecule has 2 fully saturated rings. The summed E-state index contributed by atoms with van der Waals surface area (Å²) in [5.41, 5.74) is 0.703. The number of methoxy groups -OCH3 is 2. The van der Waals surface area contributed by atoms with Crippen molar-refractivity contribution < 1.29 is 23.9 Å². The van der Waals surface area contributed by atoms with Crippen molar-refractivity contribution in [3.63, 3.8) is 0 Å². The Morgan fingerprint density at radius 3 is 2.44 bits per heavy atom. The molecule has 34 heavy (non-hydrogen) atoms. The Morgan fingerprint density at radius 1 is 1.12 bits per heavy atom. The predicted octanol–water partition coefficient (Wildman–Crippen LogP) is 1.57. The van der Waals surface area contributed by atoms with Crippen molar-refractivity contribution >= 4 is 23.5 Å². The predicted molar refractivity (Wildman–Crippen MR) is 124 cm³/mol. The van der Waals surface area contributed by atoms with Gasteiger partial charge in [-0.15, -0.1) is 0 Å². The Hall–Kier alpha value is -3.69. The van der Waals surface area contributed by atoms with Gasteiger partial charge >= 0.3 is 5.97 Å². The number of amides is 2. The molecule has 4 rings (SSSR count). The summed E-state index contributed by atoms with van der Waals surface area (Å²) in [6.45, 7) is 2.03. The van der Waals surface area contributed by atoms with Gasteiger partial charge in [-0.3, -0.25) is 9.59 Å². The smallest absolute Gasteiger partial charge is 0.343 e. The fraction of sp³-hybridized carbons (Fsp3) is 0.458. The summed E-state index contributed by atoms with van der Waals surface area (Å²) in [6, 6.07) is 5.50. The number of carbonyl (C=O) groups excluding carboxylic acids is 3. The number of anilines is 1. The molecule has 180 valence electrons. The van der Waals surface area contributed by atoms with Crippen molar-refractivity contribution in [2.75, 3.05) is 38.8 Å². The van der Waals surface area contributed by atoms with E-state index in [1.807, 2.05) is 12.1 Å². The highest BCUT2D eigenvalue weighted by Crippen LogP contribution is 2.36. The minimum Gasteiger partial charge on any atom is -0.496 e. The standard InChI is InChI=1S/C24H29N5O5/c1-33-19-5-3-4-18(20(19)22(31)34-2)29-10-6-16(7-11-29)12-27-23(32)24(8-9-24)28-21(30)17-13-25-15-26-14-17/h3-5,13-16H,6-12H2,1-2H3,(H,27,32)(H,28,30). The molecule has 0 radical (unpaired) electrons. The van der Waals surface area contributed by atoms with Crippen molar-refractivity contribution in [2.24, 2.45) is 5.92 Å². The molecule has 2 aliphatic rings. The van der Waals surface area contributed by atoms with Crippen LogP contribution >= 0.6 is 0 Å².